The van der Waals surface area contributed by atoms with Crippen molar-refractivity contribution in [2.24, 2.45) is 0 Å². The van der Waals surface area contributed by atoms with Crippen molar-refractivity contribution in [1.29, 1.82) is 0 Å². The van der Waals surface area contributed by atoms with Gasteiger partial charge in [0.15, 0.2) is 5.78 Å². The Kier molecular flexibility index (Phi) is 8.56. The molecule has 5 rings (SSSR count). The van der Waals surface area contributed by atoms with Crippen molar-refractivity contribution in [2.75, 3.05) is 20.3 Å². The van der Waals surface area contributed by atoms with E-state index in [1.165, 1.54) is 17.3 Å². The normalized spacial score (nSPS) is 22.6. The second-order valence-electron chi connectivity index (χ2n) is 10.1. The summed E-state index contributed by atoms with van der Waals surface area (Å²) in [4.78, 5) is 30.7. The van der Waals surface area contributed by atoms with Crippen molar-refractivity contribution in [3.63, 3.8) is 0 Å². The number of ether oxygens (including phenoxy) is 2. The quantitative estimate of drug-likeness (QED) is 0.286. The maximum Gasteiger partial charge on any atom is 0.244 e. The Bertz CT molecular complexity index is 1250. The molecule has 2 aromatic carbocycles. The van der Waals surface area contributed by atoms with E-state index in [1.54, 1.807) is 16.2 Å². The Labute approximate surface area is 233 Å². The molecule has 0 radical (unpaired) electrons. The van der Waals surface area contributed by atoms with Crippen LogP contribution in [0.5, 0.6) is 5.75 Å². The van der Waals surface area contributed by atoms with Gasteiger partial charge in [-0.2, -0.15) is 11.3 Å². The van der Waals surface area contributed by atoms with Crippen LogP contribution in [-0.4, -0.2) is 48.2 Å². The van der Waals surface area contributed by atoms with E-state index in [1.807, 2.05) is 61.0 Å². The van der Waals surface area contributed by atoms with Gasteiger partial charge in [0.2, 0.25) is 5.91 Å². The van der Waals surface area contributed by atoms with Crippen LogP contribution in [0.25, 0.3) is 0 Å². The fourth-order valence-electron chi connectivity index (χ4n) is 5.47. The largest absolute Gasteiger partial charge is 0.490 e. The number of thiophene rings is 1. The predicted octanol–water partition coefficient (Wildman–Crippen LogP) is 6.48. The summed E-state index contributed by atoms with van der Waals surface area (Å²) in [6.07, 6.45) is 5.17. The molecule has 2 saturated heterocycles. The number of amides is 1. The van der Waals surface area contributed by atoms with Crippen LogP contribution in [0.4, 0.5) is 0 Å². The molecule has 0 aliphatic carbocycles. The van der Waals surface area contributed by atoms with Gasteiger partial charge >= 0.3 is 0 Å². The fourth-order valence-corrected chi connectivity index (χ4v) is 7.40. The summed E-state index contributed by atoms with van der Waals surface area (Å²) in [6, 6.07) is 18.1. The summed E-state index contributed by atoms with van der Waals surface area (Å²) in [5, 5.41) is 3.31. The standard InChI is InChI=1S/C31H35NO4S2/c1-3-4-8-22-9-5-6-12-28(22)38-29-27(33)20-31(32(2)30(29)34,24-15-18-37-21-24)23-10-7-11-26(19-23)36-25-13-16-35-17-14-25/h5-7,9-12,15,18-19,21,25,29H,3-4,8,13-14,16-17,20H2,1-2H3. The number of benzene rings is 2. The number of aryl methyl sites for hydroxylation is 1. The van der Waals surface area contributed by atoms with Gasteiger partial charge < -0.3 is 14.4 Å². The number of ketones is 1. The van der Waals surface area contributed by atoms with Crippen molar-refractivity contribution in [3.05, 3.63) is 82.0 Å². The maximum absolute atomic E-state index is 14.0. The van der Waals surface area contributed by atoms with Crippen LogP contribution >= 0.6 is 23.1 Å². The Morgan fingerprint density at radius 3 is 2.66 bits per heavy atom. The van der Waals surface area contributed by atoms with Crippen LogP contribution in [-0.2, 0) is 26.3 Å². The first-order valence-corrected chi connectivity index (χ1v) is 15.3. The summed E-state index contributed by atoms with van der Waals surface area (Å²) >= 11 is 2.98. The van der Waals surface area contributed by atoms with E-state index in [0.717, 1.165) is 53.9 Å². The van der Waals surface area contributed by atoms with E-state index >= 15 is 0 Å². The lowest BCUT2D eigenvalue weighted by Crippen LogP contribution is -2.58. The number of nitrogens with zero attached hydrogens (tertiary/aromatic N) is 1. The molecule has 7 heteroatoms. The highest BCUT2D eigenvalue weighted by molar-refractivity contribution is 8.01. The zero-order valence-electron chi connectivity index (χ0n) is 22.1. The smallest absolute Gasteiger partial charge is 0.244 e. The zero-order valence-corrected chi connectivity index (χ0v) is 23.7. The summed E-state index contributed by atoms with van der Waals surface area (Å²) in [6.45, 7) is 3.58. The van der Waals surface area contributed by atoms with Gasteiger partial charge in [-0.25, -0.2) is 0 Å². The molecule has 3 aromatic rings. The fraction of sp³-hybridized carbons (Fsp3) is 0.419. The van der Waals surface area contributed by atoms with Crippen molar-refractivity contribution >= 4 is 34.8 Å². The zero-order chi connectivity index (χ0) is 26.5. The Morgan fingerprint density at radius 1 is 1.08 bits per heavy atom. The number of hydrogen-bond acceptors (Lipinski definition) is 6. The molecule has 5 nitrogen and oxygen atoms in total. The first-order chi connectivity index (χ1) is 18.5. The van der Waals surface area contributed by atoms with Gasteiger partial charge in [0, 0.05) is 31.2 Å². The van der Waals surface area contributed by atoms with Gasteiger partial charge in [0.05, 0.1) is 13.2 Å². The molecular weight excluding hydrogens is 514 g/mol. The summed E-state index contributed by atoms with van der Waals surface area (Å²) in [5.74, 6) is 0.572. The molecule has 0 spiro atoms. The molecule has 1 aromatic heterocycles. The number of likely N-dealkylation sites (tertiary alicyclic amines) is 1. The molecule has 0 N–H and O–H groups in total. The Hall–Kier alpha value is -2.61. The second kappa shape index (κ2) is 12.1. The van der Waals surface area contributed by atoms with E-state index in [9.17, 15) is 9.59 Å². The third-order valence-electron chi connectivity index (χ3n) is 7.65. The molecule has 38 heavy (non-hydrogen) atoms. The summed E-state index contributed by atoms with van der Waals surface area (Å²) in [5.41, 5.74) is 2.19. The molecule has 0 bridgehead atoms. The number of rotatable bonds is 9. The van der Waals surface area contributed by atoms with Crippen molar-refractivity contribution < 1.29 is 19.1 Å². The predicted molar refractivity (Wildman–Crippen MR) is 153 cm³/mol. The number of piperidine rings is 1. The van der Waals surface area contributed by atoms with Crippen LogP contribution in [0.1, 0.15) is 55.7 Å². The molecule has 1 amide bonds. The topological polar surface area (TPSA) is 55.8 Å². The second-order valence-corrected chi connectivity index (χ2v) is 12.0. The Morgan fingerprint density at radius 2 is 1.89 bits per heavy atom. The van der Waals surface area contributed by atoms with Gasteiger partial charge in [-0.1, -0.05) is 43.7 Å². The molecule has 200 valence electrons. The highest BCUT2D eigenvalue weighted by Gasteiger charge is 2.51. The minimum Gasteiger partial charge on any atom is -0.490 e. The third kappa shape index (κ3) is 5.42. The Balaban J connectivity index is 1.46. The van der Waals surface area contributed by atoms with E-state index < -0.39 is 10.8 Å². The lowest BCUT2D eigenvalue weighted by atomic mass is 9.75. The highest BCUT2D eigenvalue weighted by atomic mass is 32.2. The molecular formula is C31H35NO4S2. The minimum absolute atomic E-state index is 0.0367. The lowest BCUT2D eigenvalue weighted by Gasteiger charge is -2.47. The minimum atomic E-state index is -0.873. The number of thioether (sulfide) groups is 1. The van der Waals surface area contributed by atoms with Crippen LogP contribution in [0, 0.1) is 0 Å². The first kappa shape index (κ1) is 27.0. The van der Waals surface area contributed by atoms with Gasteiger partial charge in [0.1, 0.15) is 22.6 Å². The van der Waals surface area contributed by atoms with E-state index in [-0.39, 0.29) is 24.2 Å². The highest BCUT2D eigenvalue weighted by Crippen LogP contribution is 2.46. The average Bonchev–Trinajstić information content (AvgIpc) is 3.49. The number of unbranched alkanes of at least 4 members (excludes halogenated alkanes) is 1. The van der Waals surface area contributed by atoms with Gasteiger partial charge in [-0.3, -0.25) is 9.59 Å². The van der Waals surface area contributed by atoms with Gasteiger partial charge in [-0.05, 0) is 64.6 Å². The molecule has 2 unspecified atom stereocenters. The SMILES string of the molecule is CCCCc1ccccc1SC1C(=O)CC(c2ccsc2)(c2cccc(OC3CCOCC3)c2)N(C)C1=O. The van der Waals surface area contributed by atoms with E-state index in [2.05, 4.69) is 18.4 Å². The van der Waals surface area contributed by atoms with Crippen molar-refractivity contribution in [1.82, 2.24) is 4.90 Å². The van der Waals surface area contributed by atoms with Gasteiger partial charge in [-0.15, -0.1) is 11.8 Å². The lowest BCUT2D eigenvalue weighted by molar-refractivity contribution is -0.144. The number of hydrogen-bond donors (Lipinski definition) is 0. The molecule has 0 saturated carbocycles. The molecule has 3 heterocycles. The van der Waals surface area contributed by atoms with Crippen LogP contribution in [0.3, 0.4) is 0 Å². The van der Waals surface area contributed by atoms with Crippen molar-refractivity contribution in [2.45, 2.75) is 67.2 Å². The molecule has 2 atom stereocenters. The third-order valence-corrected chi connectivity index (χ3v) is 9.68. The first-order valence-electron chi connectivity index (χ1n) is 13.5. The molecule has 2 aliphatic heterocycles. The maximum atomic E-state index is 14.0. The molecule has 2 aliphatic rings. The van der Waals surface area contributed by atoms with E-state index in [4.69, 9.17) is 9.47 Å². The molecule has 2 fully saturated rings. The monoisotopic (exact) mass is 549 g/mol. The average molecular weight is 550 g/mol. The number of Topliss-reactive ketones (excluding diaryl/α,β-unsaturated/α-hetero) is 1. The van der Waals surface area contributed by atoms with Crippen molar-refractivity contribution in [3.8, 4) is 5.75 Å². The van der Waals surface area contributed by atoms with Crippen LogP contribution in [0.15, 0.2) is 70.3 Å². The number of carbonyl (C=O) groups is 2. The van der Waals surface area contributed by atoms with Gasteiger partial charge in [0.25, 0.3) is 0 Å². The van der Waals surface area contributed by atoms with Crippen LogP contribution in [0.2, 0.25) is 0 Å². The summed E-state index contributed by atoms with van der Waals surface area (Å²) < 4.78 is 11.8. The number of carbonyl (C=O) groups excluding carboxylic acids is 2. The summed E-state index contributed by atoms with van der Waals surface area (Å²) in [7, 11) is 1.84. The van der Waals surface area contributed by atoms with E-state index in [0.29, 0.717) is 13.2 Å². The van der Waals surface area contributed by atoms with Crippen LogP contribution < -0.4 is 4.74 Å².